The van der Waals surface area contributed by atoms with Crippen molar-refractivity contribution >= 4 is 17.5 Å². The maximum atomic E-state index is 13.1. The summed E-state index contributed by atoms with van der Waals surface area (Å²) in [5.74, 6) is 0.333. The molecule has 0 saturated heterocycles. The molecule has 0 atom stereocenters. The van der Waals surface area contributed by atoms with Crippen LogP contribution in [0.2, 0.25) is 0 Å². The maximum absolute atomic E-state index is 13.1. The Morgan fingerprint density at radius 2 is 1.71 bits per heavy atom. The van der Waals surface area contributed by atoms with Crippen LogP contribution < -0.4 is 11.1 Å². The van der Waals surface area contributed by atoms with Crippen molar-refractivity contribution < 1.29 is 4.79 Å². The van der Waals surface area contributed by atoms with Crippen molar-refractivity contribution in [2.75, 3.05) is 11.1 Å². The molecule has 4 aromatic rings. The van der Waals surface area contributed by atoms with Gasteiger partial charge in [-0.05, 0) is 29.8 Å². The van der Waals surface area contributed by atoms with Gasteiger partial charge >= 0.3 is 0 Å². The topological polar surface area (TPSA) is 98.7 Å². The van der Waals surface area contributed by atoms with Crippen LogP contribution in [0.4, 0.5) is 11.6 Å². The van der Waals surface area contributed by atoms with Crippen LogP contribution in [0.15, 0.2) is 79.0 Å². The number of rotatable bonds is 5. The largest absolute Gasteiger partial charge is 0.398 e. The molecule has 7 nitrogen and oxygen atoms in total. The Morgan fingerprint density at radius 3 is 2.46 bits per heavy atom. The summed E-state index contributed by atoms with van der Waals surface area (Å²) in [5, 5.41) is 7.58. The van der Waals surface area contributed by atoms with E-state index in [-0.39, 0.29) is 5.91 Å². The minimum atomic E-state index is -0.358. The fourth-order valence-electron chi connectivity index (χ4n) is 2.75. The SMILES string of the molecule is Nc1ccccc1C(=O)n1nc(-c2ccccn2)nc1NCc1ccccc1. The molecular formula is C21H18N6O. The van der Waals surface area contributed by atoms with Crippen molar-refractivity contribution in [1.29, 1.82) is 0 Å². The number of nitrogens with zero attached hydrogens (tertiary/aromatic N) is 4. The Morgan fingerprint density at radius 1 is 0.964 bits per heavy atom. The molecule has 0 bridgehead atoms. The molecule has 7 heteroatoms. The zero-order chi connectivity index (χ0) is 19.3. The highest BCUT2D eigenvalue weighted by atomic mass is 16.2. The number of pyridine rings is 1. The molecule has 0 fully saturated rings. The molecule has 28 heavy (non-hydrogen) atoms. The van der Waals surface area contributed by atoms with Crippen molar-refractivity contribution in [1.82, 2.24) is 19.7 Å². The van der Waals surface area contributed by atoms with Crippen LogP contribution in [0.1, 0.15) is 15.9 Å². The lowest BCUT2D eigenvalue weighted by molar-refractivity contribution is 0.0948. The third-order valence-corrected chi connectivity index (χ3v) is 4.18. The fourth-order valence-corrected chi connectivity index (χ4v) is 2.75. The van der Waals surface area contributed by atoms with Gasteiger partial charge in [0.2, 0.25) is 11.8 Å². The first-order chi connectivity index (χ1) is 13.7. The fraction of sp³-hybridized carbons (Fsp3) is 0.0476. The quantitative estimate of drug-likeness (QED) is 0.523. The second kappa shape index (κ2) is 7.71. The van der Waals surface area contributed by atoms with E-state index in [9.17, 15) is 4.79 Å². The van der Waals surface area contributed by atoms with Crippen LogP contribution in [0, 0.1) is 0 Å². The van der Waals surface area contributed by atoms with Gasteiger partial charge in [0.25, 0.3) is 5.91 Å². The Labute approximate surface area is 161 Å². The molecule has 0 unspecified atom stereocenters. The molecule has 0 amide bonds. The van der Waals surface area contributed by atoms with Crippen LogP contribution >= 0.6 is 0 Å². The molecular weight excluding hydrogens is 352 g/mol. The Hall–Kier alpha value is -4.00. The second-order valence-corrected chi connectivity index (χ2v) is 6.12. The average molecular weight is 370 g/mol. The summed E-state index contributed by atoms with van der Waals surface area (Å²) in [6, 6.07) is 22.2. The summed E-state index contributed by atoms with van der Waals surface area (Å²) in [7, 11) is 0. The molecule has 3 N–H and O–H groups in total. The van der Waals surface area contributed by atoms with Gasteiger partial charge in [-0.2, -0.15) is 9.67 Å². The third-order valence-electron chi connectivity index (χ3n) is 4.18. The van der Waals surface area contributed by atoms with Crippen molar-refractivity contribution in [3.05, 3.63) is 90.1 Å². The minimum Gasteiger partial charge on any atom is -0.398 e. The third kappa shape index (κ3) is 3.59. The van der Waals surface area contributed by atoms with E-state index in [1.807, 2.05) is 42.5 Å². The summed E-state index contributed by atoms with van der Waals surface area (Å²) in [6.07, 6.45) is 1.66. The molecule has 0 saturated carbocycles. The van der Waals surface area contributed by atoms with E-state index in [1.54, 1.807) is 36.5 Å². The predicted octanol–water partition coefficient (Wildman–Crippen LogP) is 3.22. The standard InChI is InChI=1S/C21H18N6O/c22-17-11-5-4-10-16(17)20(28)27-21(24-14-15-8-2-1-3-9-15)25-19(26-27)18-12-6-7-13-23-18/h1-13H,14,22H2,(H,24,25,26). The predicted molar refractivity (Wildman–Crippen MR) is 108 cm³/mol. The second-order valence-electron chi connectivity index (χ2n) is 6.12. The van der Waals surface area contributed by atoms with Crippen molar-refractivity contribution in [3.8, 4) is 11.5 Å². The highest BCUT2D eigenvalue weighted by Gasteiger charge is 2.20. The molecule has 4 rings (SSSR count). The molecule has 2 aromatic heterocycles. The van der Waals surface area contributed by atoms with Gasteiger partial charge in [0.1, 0.15) is 5.69 Å². The number of nitrogen functional groups attached to an aromatic ring is 1. The smallest absolute Gasteiger partial charge is 0.283 e. The van der Waals surface area contributed by atoms with Crippen molar-refractivity contribution in [2.24, 2.45) is 0 Å². The summed E-state index contributed by atoms with van der Waals surface area (Å²) >= 11 is 0. The molecule has 0 aliphatic carbocycles. The van der Waals surface area contributed by atoms with E-state index in [0.29, 0.717) is 35.3 Å². The molecule has 2 heterocycles. The van der Waals surface area contributed by atoms with Crippen LogP contribution in [-0.4, -0.2) is 25.7 Å². The van der Waals surface area contributed by atoms with E-state index < -0.39 is 0 Å². The van der Waals surface area contributed by atoms with Gasteiger partial charge in [0.15, 0.2) is 0 Å². The summed E-state index contributed by atoms with van der Waals surface area (Å²) in [5.41, 5.74) is 8.37. The van der Waals surface area contributed by atoms with Crippen LogP contribution in [0.25, 0.3) is 11.5 Å². The molecule has 138 valence electrons. The zero-order valence-corrected chi connectivity index (χ0v) is 15.0. The van der Waals surface area contributed by atoms with Gasteiger partial charge in [-0.15, -0.1) is 5.10 Å². The van der Waals surface area contributed by atoms with E-state index in [2.05, 4.69) is 20.4 Å². The molecule has 0 aliphatic rings. The number of anilines is 2. The number of hydrogen-bond acceptors (Lipinski definition) is 6. The molecule has 0 radical (unpaired) electrons. The van der Waals surface area contributed by atoms with Gasteiger partial charge in [-0.1, -0.05) is 48.5 Å². The van der Waals surface area contributed by atoms with E-state index in [4.69, 9.17) is 5.73 Å². The number of hydrogen-bond donors (Lipinski definition) is 2. The lowest BCUT2D eigenvalue weighted by Crippen LogP contribution is -2.18. The van der Waals surface area contributed by atoms with Gasteiger partial charge in [0, 0.05) is 18.4 Å². The number of carbonyl (C=O) groups excluding carboxylic acids is 1. The lowest BCUT2D eigenvalue weighted by Gasteiger charge is -2.08. The first-order valence-electron chi connectivity index (χ1n) is 8.78. The van der Waals surface area contributed by atoms with Gasteiger partial charge < -0.3 is 11.1 Å². The number of nitrogens with two attached hydrogens (primary N) is 1. The summed E-state index contributed by atoms with van der Waals surface area (Å²) in [6.45, 7) is 0.499. The number of benzene rings is 2. The van der Waals surface area contributed by atoms with E-state index in [1.165, 1.54) is 4.68 Å². The first kappa shape index (κ1) is 17.4. The Balaban J connectivity index is 1.71. The van der Waals surface area contributed by atoms with Crippen molar-refractivity contribution in [3.63, 3.8) is 0 Å². The van der Waals surface area contributed by atoms with Gasteiger partial charge in [0.05, 0.1) is 5.56 Å². The van der Waals surface area contributed by atoms with E-state index in [0.717, 1.165) is 5.56 Å². The minimum absolute atomic E-state index is 0.331. The number of para-hydroxylation sites is 1. The molecule has 0 spiro atoms. The molecule has 0 aliphatic heterocycles. The average Bonchev–Trinajstić information content (AvgIpc) is 3.18. The van der Waals surface area contributed by atoms with Gasteiger partial charge in [-0.25, -0.2) is 0 Å². The zero-order valence-electron chi connectivity index (χ0n) is 15.0. The molecule has 2 aromatic carbocycles. The number of carbonyl (C=O) groups is 1. The highest BCUT2D eigenvalue weighted by molar-refractivity contribution is 6.01. The lowest BCUT2D eigenvalue weighted by atomic mass is 10.2. The summed E-state index contributed by atoms with van der Waals surface area (Å²) < 4.78 is 1.23. The number of nitrogens with one attached hydrogen (secondary N) is 1. The summed E-state index contributed by atoms with van der Waals surface area (Å²) in [4.78, 5) is 21.8. The van der Waals surface area contributed by atoms with Gasteiger partial charge in [-0.3, -0.25) is 9.78 Å². The van der Waals surface area contributed by atoms with Crippen LogP contribution in [0.3, 0.4) is 0 Å². The first-order valence-corrected chi connectivity index (χ1v) is 8.78. The normalized spacial score (nSPS) is 10.6. The van der Waals surface area contributed by atoms with E-state index >= 15 is 0 Å². The Bertz CT molecular complexity index is 1090. The van der Waals surface area contributed by atoms with Crippen molar-refractivity contribution in [2.45, 2.75) is 6.54 Å². The maximum Gasteiger partial charge on any atom is 0.283 e. The van der Waals surface area contributed by atoms with Crippen LogP contribution in [0.5, 0.6) is 0 Å². The van der Waals surface area contributed by atoms with Crippen LogP contribution in [-0.2, 0) is 6.54 Å². The highest BCUT2D eigenvalue weighted by Crippen LogP contribution is 2.19. The monoisotopic (exact) mass is 370 g/mol. The number of aromatic nitrogens is 4. The Kier molecular flexibility index (Phi) is 4.79.